The fourth-order valence-corrected chi connectivity index (χ4v) is 6.96. The minimum absolute atomic E-state index is 0.0121. The summed E-state index contributed by atoms with van der Waals surface area (Å²) in [4.78, 5) is 25.7. The van der Waals surface area contributed by atoms with E-state index in [1.807, 2.05) is 32.9 Å². The van der Waals surface area contributed by atoms with Crippen LogP contribution in [0.4, 0.5) is 0 Å². The molecule has 7 nitrogen and oxygen atoms in total. The molecule has 0 aromatic carbocycles. The molecule has 206 valence electrons. The van der Waals surface area contributed by atoms with E-state index in [0.717, 1.165) is 12.8 Å². The highest BCUT2D eigenvalue weighted by molar-refractivity contribution is 6.26. The summed E-state index contributed by atoms with van der Waals surface area (Å²) >= 11 is 0. The maximum Gasteiger partial charge on any atom is 0.260 e. The number of nitrogens with one attached hydrogen (secondary N) is 1. The second-order valence-corrected chi connectivity index (χ2v) is 11.6. The molecule has 1 amide bonds. The first-order chi connectivity index (χ1) is 17.4. The van der Waals surface area contributed by atoms with Crippen molar-refractivity contribution in [3.8, 4) is 0 Å². The molecule has 0 radical (unpaired) electrons. The van der Waals surface area contributed by atoms with Crippen LogP contribution < -0.4 is 5.32 Å². The van der Waals surface area contributed by atoms with Crippen LogP contribution in [0.5, 0.6) is 0 Å². The van der Waals surface area contributed by atoms with Crippen molar-refractivity contribution >= 4 is 11.7 Å². The normalized spacial score (nSPS) is 38.1. The molecule has 37 heavy (non-hydrogen) atoms. The van der Waals surface area contributed by atoms with Gasteiger partial charge >= 0.3 is 0 Å². The third-order valence-corrected chi connectivity index (χ3v) is 8.91. The lowest BCUT2D eigenvalue weighted by molar-refractivity contribution is -0.124. The number of allylic oxidation sites excluding steroid dienone is 5. The summed E-state index contributed by atoms with van der Waals surface area (Å²) in [5.74, 6) is -0.620. The fraction of sp³-hybridized carbons (Fsp3) is 0.667. The van der Waals surface area contributed by atoms with Crippen molar-refractivity contribution < 1.29 is 29.6 Å². The fourth-order valence-electron chi connectivity index (χ4n) is 6.96. The van der Waals surface area contributed by atoms with Gasteiger partial charge in [-0.25, -0.2) is 0 Å². The van der Waals surface area contributed by atoms with Crippen LogP contribution in [-0.2, 0) is 14.3 Å². The lowest BCUT2D eigenvalue weighted by atomic mass is 9.50. The third kappa shape index (κ3) is 5.94. The second kappa shape index (κ2) is 12.1. The maximum atomic E-state index is 13.0. The van der Waals surface area contributed by atoms with Gasteiger partial charge < -0.3 is 25.4 Å². The summed E-state index contributed by atoms with van der Waals surface area (Å²) in [6, 6.07) is 0. The Morgan fingerprint density at radius 2 is 1.86 bits per heavy atom. The van der Waals surface area contributed by atoms with Gasteiger partial charge in [-0.05, 0) is 55.3 Å². The van der Waals surface area contributed by atoms with E-state index in [2.05, 4.69) is 31.3 Å². The summed E-state index contributed by atoms with van der Waals surface area (Å²) in [5, 5.41) is 35.1. The summed E-state index contributed by atoms with van der Waals surface area (Å²) in [6.07, 6.45) is 12.2. The number of amides is 1. The Bertz CT molecular complexity index is 967. The molecular formula is C30H45NO6. The van der Waals surface area contributed by atoms with Crippen LogP contribution in [0.1, 0.15) is 60.3 Å². The first-order valence-electron chi connectivity index (χ1n) is 13.7. The average molecular weight is 516 g/mol. The highest BCUT2D eigenvalue weighted by atomic mass is 16.5. The van der Waals surface area contributed by atoms with Crippen LogP contribution >= 0.6 is 0 Å². The van der Waals surface area contributed by atoms with E-state index in [4.69, 9.17) is 4.74 Å². The molecular weight excluding hydrogens is 470 g/mol. The highest BCUT2D eigenvalue weighted by Crippen LogP contribution is 2.58. The zero-order chi connectivity index (χ0) is 27.5. The molecule has 2 fully saturated rings. The molecule has 0 spiro atoms. The van der Waals surface area contributed by atoms with E-state index in [1.54, 1.807) is 12.2 Å². The van der Waals surface area contributed by atoms with Crippen molar-refractivity contribution in [3.05, 3.63) is 47.8 Å². The third-order valence-electron chi connectivity index (χ3n) is 8.91. The molecule has 1 aliphatic heterocycles. The van der Waals surface area contributed by atoms with Gasteiger partial charge in [0.05, 0.1) is 12.2 Å². The lowest BCUT2D eigenvalue weighted by Crippen LogP contribution is -2.49. The van der Waals surface area contributed by atoms with Gasteiger partial charge in [-0.1, -0.05) is 71.1 Å². The molecule has 3 rings (SSSR count). The van der Waals surface area contributed by atoms with Gasteiger partial charge in [0.2, 0.25) is 5.78 Å². The number of ether oxygens (including phenoxy) is 1. The number of rotatable bonds is 9. The van der Waals surface area contributed by atoms with E-state index < -0.39 is 35.5 Å². The Morgan fingerprint density at radius 1 is 1.19 bits per heavy atom. The molecule has 1 saturated carbocycles. The van der Waals surface area contributed by atoms with Gasteiger partial charge in [0.1, 0.15) is 11.3 Å². The van der Waals surface area contributed by atoms with Gasteiger partial charge in [0.25, 0.3) is 5.91 Å². The largest absolute Gasteiger partial charge is 0.511 e. The zero-order valence-corrected chi connectivity index (χ0v) is 23.1. The number of methoxy groups -OCH3 is 1. The van der Waals surface area contributed by atoms with Crippen LogP contribution in [0.15, 0.2) is 47.8 Å². The number of aliphatic hydroxyl groups excluding tert-OH is 3. The van der Waals surface area contributed by atoms with Crippen molar-refractivity contribution in [2.24, 2.45) is 40.9 Å². The summed E-state index contributed by atoms with van der Waals surface area (Å²) in [5.41, 5.74) is -1.13. The van der Waals surface area contributed by atoms with Crippen molar-refractivity contribution in [2.75, 3.05) is 7.11 Å². The van der Waals surface area contributed by atoms with Crippen molar-refractivity contribution in [1.29, 1.82) is 0 Å². The Labute approximate surface area is 221 Å². The molecule has 2 aliphatic carbocycles. The number of ketones is 1. The van der Waals surface area contributed by atoms with Crippen LogP contribution in [0.25, 0.3) is 0 Å². The highest BCUT2D eigenvalue weighted by Gasteiger charge is 2.55. The molecule has 0 aromatic heterocycles. The smallest absolute Gasteiger partial charge is 0.260 e. The van der Waals surface area contributed by atoms with E-state index in [-0.39, 0.29) is 40.9 Å². The first-order valence-corrected chi connectivity index (χ1v) is 13.7. The number of hydrogen-bond donors (Lipinski definition) is 4. The van der Waals surface area contributed by atoms with Gasteiger partial charge in [0.15, 0.2) is 6.23 Å². The van der Waals surface area contributed by atoms with Crippen LogP contribution in [0.3, 0.4) is 0 Å². The van der Waals surface area contributed by atoms with E-state index in [9.17, 15) is 24.9 Å². The zero-order valence-electron chi connectivity index (χ0n) is 23.1. The first kappa shape index (κ1) is 29.3. The molecule has 0 aromatic rings. The molecule has 7 heteroatoms. The van der Waals surface area contributed by atoms with Crippen molar-refractivity contribution in [1.82, 2.24) is 5.32 Å². The van der Waals surface area contributed by atoms with Gasteiger partial charge in [-0.3, -0.25) is 9.59 Å². The number of hydrogen-bond acceptors (Lipinski definition) is 6. The van der Waals surface area contributed by atoms with E-state index in [1.165, 1.54) is 7.11 Å². The van der Waals surface area contributed by atoms with Crippen LogP contribution in [0.2, 0.25) is 0 Å². The maximum absolute atomic E-state index is 13.0. The second-order valence-electron chi connectivity index (χ2n) is 11.6. The van der Waals surface area contributed by atoms with Gasteiger partial charge in [-0.15, -0.1) is 0 Å². The Balaban J connectivity index is 1.94. The summed E-state index contributed by atoms with van der Waals surface area (Å²) in [7, 11) is 1.35. The number of carbonyl (C=O) groups excluding carboxylic acids is 2. The predicted octanol–water partition coefficient (Wildman–Crippen LogP) is 4.23. The molecule has 10 atom stereocenters. The monoisotopic (exact) mass is 515 g/mol. The summed E-state index contributed by atoms with van der Waals surface area (Å²) < 4.78 is 5.11. The molecule has 1 saturated heterocycles. The van der Waals surface area contributed by atoms with Crippen molar-refractivity contribution in [2.45, 2.75) is 78.7 Å². The van der Waals surface area contributed by atoms with Gasteiger partial charge in [0, 0.05) is 18.4 Å². The topological polar surface area (TPSA) is 116 Å². The van der Waals surface area contributed by atoms with E-state index >= 15 is 0 Å². The number of aliphatic hydroxyl groups is 3. The molecule has 4 N–H and O–H groups in total. The van der Waals surface area contributed by atoms with E-state index in [0.29, 0.717) is 18.8 Å². The molecule has 1 heterocycles. The Hall–Kier alpha value is -2.22. The van der Waals surface area contributed by atoms with Gasteiger partial charge in [-0.2, -0.15) is 0 Å². The quantitative estimate of drug-likeness (QED) is 0.120. The SMILES string of the molecule is CC[C@H](O)[C@@H](C)/C=C/C=C/[C@@H](O)C[C@H]1C=C[C@@H]2C[C@H](C)C[C@@H](C)[C@@H]2[C@@]1(C)/C(O)=C1/C(=O)N[C@@H](OC)C1=O. The van der Waals surface area contributed by atoms with Crippen LogP contribution in [0, 0.1) is 40.9 Å². The standard InChI is InChI=1S/C30H45NO6/c1-7-23(33)18(3)10-8-9-11-22(32)16-21-13-12-20-15-17(2)14-19(4)25(20)30(21,5)27(35)24-26(34)29(37-6)31-28(24)36/h8-13,17-23,25,29,32-33,35H,7,14-16H2,1-6H3,(H,31,36)/b10-8+,11-9+,27-24-/t17-,18+,19-,20-,21-,22-,23+,25+,29+,30+/m1/s1. The van der Waals surface area contributed by atoms with Crippen molar-refractivity contribution in [3.63, 3.8) is 0 Å². The molecule has 0 bridgehead atoms. The average Bonchev–Trinajstić information content (AvgIpc) is 3.14. The Morgan fingerprint density at radius 3 is 2.49 bits per heavy atom. The summed E-state index contributed by atoms with van der Waals surface area (Å²) in [6.45, 7) is 10.2. The predicted molar refractivity (Wildman–Crippen MR) is 143 cm³/mol. The number of Topliss-reactive ketones (excluding diaryl/α,β-unsaturated/α-hetero) is 1. The number of carbonyl (C=O) groups is 2. The minimum atomic E-state index is -1.10. The molecule has 0 unspecified atom stereocenters. The lowest BCUT2D eigenvalue weighted by Gasteiger charge is -2.54. The molecule has 3 aliphatic rings. The number of fused-ring (bicyclic) bond motifs is 1. The van der Waals surface area contributed by atoms with Crippen LogP contribution in [-0.4, -0.2) is 52.6 Å². The Kier molecular flexibility index (Phi) is 9.59. The minimum Gasteiger partial charge on any atom is -0.511 e.